The second-order valence-electron chi connectivity index (χ2n) is 3.99. The van der Waals surface area contributed by atoms with Crippen LogP contribution in [0.25, 0.3) is 16.9 Å². The first-order valence-corrected chi connectivity index (χ1v) is 5.96. The minimum absolute atomic E-state index is 0.173. The van der Waals surface area contributed by atoms with E-state index in [-0.39, 0.29) is 5.15 Å². The Balaban J connectivity index is 2.35. The first kappa shape index (κ1) is 11.6. The maximum absolute atomic E-state index is 8.98. The van der Waals surface area contributed by atoms with Gasteiger partial charge in [0.1, 0.15) is 11.2 Å². The molecule has 3 aromatic heterocycles. The van der Waals surface area contributed by atoms with Crippen molar-refractivity contribution in [3.63, 3.8) is 0 Å². The summed E-state index contributed by atoms with van der Waals surface area (Å²) in [5.74, 6) is 0.661. The molecule has 0 aliphatic rings. The van der Waals surface area contributed by atoms with E-state index in [4.69, 9.17) is 16.9 Å². The summed E-state index contributed by atoms with van der Waals surface area (Å²) >= 11 is 5.98. The summed E-state index contributed by atoms with van der Waals surface area (Å²) in [6.45, 7) is 1.86. The molecule has 0 bridgehead atoms. The smallest absolute Gasteiger partial charge is 0.166 e. The van der Waals surface area contributed by atoms with Crippen molar-refractivity contribution in [1.29, 1.82) is 5.26 Å². The van der Waals surface area contributed by atoms with E-state index in [0.29, 0.717) is 17.0 Å². The van der Waals surface area contributed by atoms with E-state index in [1.54, 1.807) is 16.9 Å². The van der Waals surface area contributed by atoms with Gasteiger partial charge in [0.2, 0.25) is 0 Å². The molecule has 19 heavy (non-hydrogen) atoms. The standard InChI is InChI=1S/C13H8ClN5/c1-8-10-6-9(7-15)12(14)17-13(10)19(18-8)11-4-2-3-5-16-11/h2-6H,1H3. The number of halogens is 1. The SMILES string of the molecule is Cc1nn(-c2ccccn2)c2nc(Cl)c(C#N)cc12. The van der Waals surface area contributed by atoms with Gasteiger partial charge in [0.25, 0.3) is 0 Å². The van der Waals surface area contributed by atoms with Crippen LogP contribution in [-0.4, -0.2) is 19.7 Å². The Morgan fingerprint density at radius 1 is 1.37 bits per heavy atom. The lowest BCUT2D eigenvalue weighted by molar-refractivity contribution is 0.847. The van der Waals surface area contributed by atoms with Gasteiger partial charge in [-0.3, -0.25) is 0 Å². The number of rotatable bonds is 1. The van der Waals surface area contributed by atoms with Gasteiger partial charge in [0.05, 0.1) is 11.3 Å². The predicted molar refractivity (Wildman–Crippen MR) is 71.1 cm³/mol. The molecular weight excluding hydrogens is 262 g/mol. The van der Waals surface area contributed by atoms with Gasteiger partial charge in [-0.05, 0) is 25.1 Å². The molecule has 0 fully saturated rings. The van der Waals surface area contributed by atoms with Crippen molar-refractivity contribution >= 4 is 22.6 Å². The largest absolute Gasteiger partial charge is 0.237 e. The zero-order valence-electron chi connectivity index (χ0n) is 10.0. The van der Waals surface area contributed by atoms with Crippen LogP contribution in [0.15, 0.2) is 30.5 Å². The minimum Gasteiger partial charge on any atom is -0.237 e. The van der Waals surface area contributed by atoms with Crippen molar-refractivity contribution in [2.75, 3.05) is 0 Å². The van der Waals surface area contributed by atoms with Crippen molar-refractivity contribution in [3.05, 3.63) is 46.9 Å². The number of aryl methyl sites for hydroxylation is 1. The summed E-state index contributed by atoms with van der Waals surface area (Å²) in [5.41, 5.74) is 1.72. The first-order valence-electron chi connectivity index (χ1n) is 5.58. The van der Waals surface area contributed by atoms with Crippen LogP contribution in [0.2, 0.25) is 5.15 Å². The number of hydrogen-bond acceptors (Lipinski definition) is 4. The molecule has 3 aromatic rings. The fraction of sp³-hybridized carbons (Fsp3) is 0.0769. The highest BCUT2D eigenvalue weighted by molar-refractivity contribution is 6.31. The Morgan fingerprint density at radius 3 is 2.89 bits per heavy atom. The molecule has 0 aliphatic heterocycles. The third-order valence-electron chi connectivity index (χ3n) is 2.78. The molecule has 0 unspecified atom stereocenters. The van der Waals surface area contributed by atoms with E-state index in [9.17, 15) is 0 Å². The molecular formula is C13H8ClN5. The van der Waals surface area contributed by atoms with Crippen molar-refractivity contribution < 1.29 is 0 Å². The summed E-state index contributed by atoms with van der Waals surface area (Å²) in [6, 6.07) is 9.25. The molecule has 0 amide bonds. The summed E-state index contributed by atoms with van der Waals surface area (Å²) in [6.07, 6.45) is 1.68. The van der Waals surface area contributed by atoms with Crippen molar-refractivity contribution in [2.45, 2.75) is 6.92 Å². The van der Waals surface area contributed by atoms with Gasteiger partial charge in [-0.15, -0.1) is 0 Å². The van der Waals surface area contributed by atoms with Crippen LogP contribution in [0.5, 0.6) is 0 Å². The predicted octanol–water partition coefficient (Wildman–Crippen LogP) is 2.65. The maximum Gasteiger partial charge on any atom is 0.166 e. The van der Waals surface area contributed by atoms with Gasteiger partial charge in [-0.2, -0.15) is 15.0 Å². The highest BCUT2D eigenvalue weighted by atomic mass is 35.5. The second-order valence-corrected chi connectivity index (χ2v) is 4.35. The number of hydrogen-bond donors (Lipinski definition) is 0. The fourth-order valence-electron chi connectivity index (χ4n) is 1.88. The van der Waals surface area contributed by atoms with Crippen LogP contribution in [-0.2, 0) is 0 Å². The number of aromatic nitrogens is 4. The van der Waals surface area contributed by atoms with Gasteiger partial charge >= 0.3 is 0 Å². The van der Waals surface area contributed by atoms with Gasteiger partial charge < -0.3 is 0 Å². The quantitative estimate of drug-likeness (QED) is 0.637. The van der Waals surface area contributed by atoms with E-state index in [0.717, 1.165) is 11.1 Å². The van der Waals surface area contributed by atoms with Crippen molar-refractivity contribution in [3.8, 4) is 11.9 Å². The van der Waals surface area contributed by atoms with Gasteiger partial charge in [-0.1, -0.05) is 17.7 Å². The number of nitrogens with zero attached hydrogens (tertiary/aromatic N) is 5. The Kier molecular flexibility index (Phi) is 2.65. The molecule has 0 atom stereocenters. The van der Waals surface area contributed by atoms with Crippen molar-refractivity contribution in [1.82, 2.24) is 19.7 Å². The zero-order chi connectivity index (χ0) is 13.4. The molecule has 0 saturated carbocycles. The molecule has 5 nitrogen and oxygen atoms in total. The zero-order valence-corrected chi connectivity index (χ0v) is 10.8. The van der Waals surface area contributed by atoms with Crippen LogP contribution >= 0.6 is 11.6 Å². The molecule has 3 heterocycles. The molecule has 0 radical (unpaired) electrons. The van der Waals surface area contributed by atoms with E-state index >= 15 is 0 Å². The fourth-order valence-corrected chi connectivity index (χ4v) is 2.05. The molecule has 0 saturated heterocycles. The van der Waals surface area contributed by atoms with Crippen LogP contribution in [0.4, 0.5) is 0 Å². The highest BCUT2D eigenvalue weighted by Crippen LogP contribution is 2.24. The van der Waals surface area contributed by atoms with E-state index in [2.05, 4.69) is 15.1 Å². The van der Waals surface area contributed by atoms with E-state index < -0.39 is 0 Å². The van der Waals surface area contributed by atoms with Crippen LogP contribution in [0, 0.1) is 18.3 Å². The second kappa shape index (κ2) is 4.34. The summed E-state index contributed by atoms with van der Waals surface area (Å²) in [4.78, 5) is 8.48. The molecule has 0 aromatic carbocycles. The Labute approximate surface area is 114 Å². The molecule has 0 N–H and O–H groups in total. The van der Waals surface area contributed by atoms with Crippen molar-refractivity contribution in [2.24, 2.45) is 0 Å². The number of fused-ring (bicyclic) bond motifs is 1. The van der Waals surface area contributed by atoms with Crippen LogP contribution in [0.3, 0.4) is 0 Å². The molecule has 0 aliphatic carbocycles. The van der Waals surface area contributed by atoms with Crippen LogP contribution in [0.1, 0.15) is 11.3 Å². The minimum atomic E-state index is 0.173. The maximum atomic E-state index is 8.98. The van der Waals surface area contributed by atoms with Gasteiger partial charge in [-0.25, -0.2) is 9.97 Å². The molecule has 92 valence electrons. The van der Waals surface area contributed by atoms with Gasteiger partial charge in [0.15, 0.2) is 11.5 Å². The summed E-state index contributed by atoms with van der Waals surface area (Å²) in [5, 5.41) is 14.3. The molecule has 0 spiro atoms. The monoisotopic (exact) mass is 269 g/mol. The van der Waals surface area contributed by atoms with E-state index in [1.165, 1.54) is 0 Å². The average Bonchev–Trinajstić information content (AvgIpc) is 2.75. The van der Waals surface area contributed by atoms with Gasteiger partial charge in [0, 0.05) is 11.6 Å². The Morgan fingerprint density at radius 2 is 2.21 bits per heavy atom. The topological polar surface area (TPSA) is 67.4 Å². The lowest BCUT2D eigenvalue weighted by Gasteiger charge is -2.01. The lowest BCUT2D eigenvalue weighted by Crippen LogP contribution is -2.00. The Bertz CT molecular complexity index is 801. The number of pyridine rings is 2. The third kappa shape index (κ3) is 1.83. The summed E-state index contributed by atoms with van der Waals surface area (Å²) < 4.78 is 1.62. The third-order valence-corrected chi connectivity index (χ3v) is 3.07. The summed E-state index contributed by atoms with van der Waals surface area (Å²) in [7, 11) is 0. The Hall–Kier alpha value is -2.45. The lowest BCUT2D eigenvalue weighted by atomic mass is 10.2. The average molecular weight is 270 g/mol. The van der Waals surface area contributed by atoms with Crippen LogP contribution < -0.4 is 0 Å². The molecule has 6 heteroatoms. The van der Waals surface area contributed by atoms with E-state index in [1.807, 2.05) is 31.2 Å². The number of nitriles is 1. The first-order chi connectivity index (χ1) is 9.20. The molecule has 3 rings (SSSR count). The normalized spacial score (nSPS) is 10.6. The highest BCUT2D eigenvalue weighted by Gasteiger charge is 2.14.